The Morgan fingerprint density at radius 1 is 0.870 bits per heavy atom. The van der Waals surface area contributed by atoms with Crippen molar-refractivity contribution in [2.75, 3.05) is 5.73 Å². The summed E-state index contributed by atoms with van der Waals surface area (Å²) in [6.07, 6.45) is 3.53. The molecule has 2 aromatic carbocycles. The number of hydrogen-bond donors (Lipinski definition) is 1. The molecule has 23 heavy (non-hydrogen) atoms. The van der Waals surface area contributed by atoms with Gasteiger partial charge in [0.05, 0.1) is 15.9 Å². The lowest BCUT2D eigenvalue weighted by atomic mass is 10.1. The van der Waals surface area contributed by atoms with Crippen LogP contribution < -0.4 is 10.5 Å². The lowest BCUT2D eigenvalue weighted by Gasteiger charge is -2.07. The highest BCUT2D eigenvalue weighted by atomic mass is 32.1. The predicted molar refractivity (Wildman–Crippen MR) is 96.0 cm³/mol. The molecule has 0 fully saturated rings. The summed E-state index contributed by atoms with van der Waals surface area (Å²) in [5, 5.41) is 1.76. The maximum absolute atomic E-state index is 5.98. The molecule has 0 saturated heterocycles. The molecule has 4 rings (SSSR count). The topological polar surface area (TPSA) is 48.1 Å². The van der Waals surface area contributed by atoms with Gasteiger partial charge in [-0.15, -0.1) is 11.3 Å². The van der Waals surface area contributed by atoms with Gasteiger partial charge in [0.15, 0.2) is 5.75 Å². The molecule has 0 radical (unpaired) electrons. The molecule has 2 heterocycles. The molecule has 0 unspecified atom stereocenters. The van der Waals surface area contributed by atoms with Gasteiger partial charge in [0, 0.05) is 11.6 Å². The number of fused-ring (bicyclic) bond motifs is 1. The SMILES string of the molecule is Nc1cc2c(Oc3ccc(-c4ccccc4)cc3)cncc2s1. The van der Waals surface area contributed by atoms with E-state index in [9.17, 15) is 0 Å². The zero-order valence-electron chi connectivity index (χ0n) is 12.3. The van der Waals surface area contributed by atoms with Crippen LogP contribution in [0.1, 0.15) is 0 Å². The molecule has 0 spiro atoms. The van der Waals surface area contributed by atoms with Crippen molar-refractivity contribution in [3.63, 3.8) is 0 Å². The van der Waals surface area contributed by atoms with Gasteiger partial charge in [-0.3, -0.25) is 4.98 Å². The van der Waals surface area contributed by atoms with Gasteiger partial charge >= 0.3 is 0 Å². The van der Waals surface area contributed by atoms with Crippen LogP contribution in [0.4, 0.5) is 5.00 Å². The van der Waals surface area contributed by atoms with Crippen molar-refractivity contribution in [3.05, 3.63) is 73.1 Å². The van der Waals surface area contributed by atoms with E-state index in [1.807, 2.05) is 42.6 Å². The largest absolute Gasteiger partial charge is 0.455 e. The highest BCUT2D eigenvalue weighted by molar-refractivity contribution is 7.22. The lowest BCUT2D eigenvalue weighted by Crippen LogP contribution is -1.86. The molecular formula is C19H14N2OS. The van der Waals surface area contributed by atoms with Crippen molar-refractivity contribution < 1.29 is 4.74 Å². The van der Waals surface area contributed by atoms with Crippen molar-refractivity contribution in [2.45, 2.75) is 0 Å². The van der Waals surface area contributed by atoms with Crippen LogP contribution in [0.3, 0.4) is 0 Å². The molecule has 112 valence electrons. The number of benzene rings is 2. The molecule has 2 N–H and O–H groups in total. The number of rotatable bonds is 3. The first kappa shape index (κ1) is 13.8. The van der Waals surface area contributed by atoms with E-state index < -0.39 is 0 Å². The van der Waals surface area contributed by atoms with Crippen LogP contribution in [0.25, 0.3) is 21.2 Å². The maximum atomic E-state index is 5.98. The lowest BCUT2D eigenvalue weighted by molar-refractivity contribution is 0.486. The molecule has 3 nitrogen and oxygen atoms in total. The van der Waals surface area contributed by atoms with E-state index in [0.717, 1.165) is 32.1 Å². The van der Waals surface area contributed by atoms with Crippen molar-refractivity contribution in [3.8, 4) is 22.6 Å². The summed E-state index contributed by atoms with van der Waals surface area (Å²) in [5.41, 5.74) is 8.22. The third-order valence-corrected chi connectivity index (χ3v) is 4.52. The summed E-state index contributed by atoms with van der Waals surface area (Å²) in [6, 6.07) is 20.2. The molecule has 0 bridgehead atoms. The van der Waals surface area contributed by atoms with Gasteiger partial charge < -0.3 is 10.5 Å². The first-order chi connectivity index (χ1) is 11.3. The fourth-order valence-corrected chi connectivity index (χ4v) is 3.32. The first-order valence-electron chi connectivity index (χ1n) is 7.26. The summed E-state index contributed by atoms with van der Waals surface area (Å²) < 4.78 is 7.01. The average Bonchev–Trinajstić information content (AvgIpc) is 2.98. The standard InChI is InChI=1S/C19H14N2OS/c20-19-10-16-17(11-21-12-18(16)23-19)22-15-8-6-14(7-9-15)13-4-2-1-3-5-13/h1-12H,20H2. The van der Waals surface area contributed by atoms with Crippen LogP contribution in [0.2, 0.25) is 0 Å². The Labute approximate surface area is 138 Å². The van der Waals surface area contributed by atoms with Crippen molar-refractivity contribution in [1.29, 1.82) is 0 Å². The Morgan fingerprint density at radius 3 is 2.39 bits per heavy atom. The Kier molecular flexibility index (Phi) is 3.44. The third kappa shape index (κ3) is 2.76. The second-order valence-electron chi connectivity index (χ2n) is 5.19. The van der Waals surface area contributed by atoms with E-state index in [0.29, 0.717) is 0 Å². The van der Waals surface area contributed by atoms with E-state index in [1.54, 1.807) is 6.20 Å². The van der Waals surface area contributed by atoms with Crippen LogP contribution >= 0.6 is 11.3 Å². The summed E-state index contributed by atoms with van der Waals surface area (Å²) in [6.45, 7) is 0. The van der Waals surface area contributed by atoms with Crippen LogP contribution in [-0.4, -0.2) is 4.98 Å². The average molecular weight is 318 g/mol. The minimum Gasteiger partial charge on any atom is -0.455 e. The van der Waals surface area contributed by atoms with E-state index in [4.69, 9.17) is 10.5 Å². The van der Waals surface area contributed by atoms with E-state index in [-0.39, 0.29) is 0 Å². The van der Waals surface area contributed by atoms with Gasteiger partial charge in [-0.05, 0) is 29.3 Å². The zero-order chi connectivity index (χ0) is 15.6. The van der Waals surface area contributed by atoms with E-state index in [1.165, 1.54) is 16.9 Å². The van der Waals surface area contributed by atoms with Crippen molar-refractivity contribution >= 4 is 26.4 Å². The molecule has 4 aromatic rings. The summed E-state index contributed by atoms with van der Waals surface area (Å²) >= 11 is 1.51. The number of aromatic nitrogens is 1. The normalized spacial score (nSPS) is 10.8. The smallest absolute Gasteiger partial charge is 0.154 e. The van der Waals surface area contributed by atoms with Gasteiger partial charge in [0.1, 0.15) is 5.75 Å². The zero-order valence-corrected chi connectivity index (χ0v) is 13.1. The Morgan fingerprint density at radius 2 is 1.61 bits per heavy atom. The summed E-state index contributed by atoms with van der Waals surface area (Å²) in [4.78, 5) is 4.22. The molecule has 0 saturated carbocycles. The maximum Gasteiger partial charge on any atom is 0.154 e. The molecule has 0 amide bonds. The fraction of sp³-hybridized carbons (Fsp3) is 0. The van der Waals surface area contributed by atoms with Crippen molar-refractivity contribution in [1.82, 2.24) is 4.98 Å². The number of ether oxygens (including phenoxy) is 1. The van der Waals surface area contributed by atoms with E-state index >= 15 is 0 Å². The number of nitrogens with two attached hydrogens (primary N) is 1. The number of anilines is 1. The number of pyridine rings is 1. The van der Waals surface area contributed by atoms with Crippen LogP contribution in [-0.2, 0) is 0 Å². The Hall–Kier alpha value is -2.85. The predicted octanol–water partition coefficient (Wildman–Crippen LogP) is 5.34. The highest BCUT2D eigenvalue weighted by Crippen LogP contribution is 2.35. The van der Waals surface area contributed by atoms with Gasteiger partial charge in [-0.2, -0.15) is 0 Å². The minimum atomic E-state index is 0.725. The molecule has 0 aliphatic rings. The first-order valence-corrected chi connectivity index (χ1v) is 8.07. The fourth-order valence-electron chi connectivity index (χ4n) is 2.51. The molecule has 0 aliphatic carbocycles. The number of nitrogen functional groups attached to an aromatic ring is 1. The number of hydrogen-bond acceptors (Lipinski definition) is 4. The van der Waals surface area contributed by atoms with Gasteiger partial charge in [0.2, 0.25) is 0 Å². The van der Waals surface area contributed by atoms with E-state index in [2.05, 4.69) is 29.2 Å². The van der Waals surface area contributed by atoms with Crippen molar-refractivity contribution in [2.24, 2.45) is 0 Å². The Balaban J connectivity index is 1.64. The summed E-state index contributed by atoms with van der Waals surface area (Å²) in [5.74, 6) is 1.51. The number of thiophene rings is 1. The molecular weight excluding hydrogens is 304 g/mol. The molecule has 0 aliphatic heterocycles. The van der Waals surface area contributed by atoms with Gasteiger partial charge in [0.25, 0.3) is 0 Å². The van der Waals surface area contributed by atoms with Gasteiger partial charge in [-0.25, -0.2) is 0 Å². The second kappa shape index (κ2) is 5.74. The quantitative estimate of drug-likeness (QED) is 0.555. The summed E-state index contributed by atoms with van der Waals surface area (Å²) in [7, 11) is 0. The third-order valence-electron chi connectivity index (χ3n) is 3.62. The van der Waals surface area contributed by atoms with Gasteiger partial charge in [-0.1, -0.05) is 42.5 Å². The van der Waals surface area contributed by atoms with Crippen LogP contribution in [0.5, 0.6) is 11.5 Å². The Bertz CT molecular complexity index is 946. The molecule has 4 heteroatoms. The minimum absolute atomic E-state index is 0.725. The second-order valence-corrected chi connectivity index (χ2v) is 6.31. The van der Waals surface area contributed by atoms with Crippen LogP contribution in [0.15, 0.2) is 73.1 Å². The highest BCUT2D eigenvalue weighted by Gasteiger charge is 2.07. The molecule has 0 atom stereocenters. The van der Waals surface area contributed by atoms with Crippen LogP contribution in [0, 0.1) is 0 Å². The molecule has 2 aromatic heterocycles. The number of nitrogens with zero attached hydrogens (tertiary/aromatic N) is 1. The monoisotopic (exact) mass is 318 g/mol.